The molecule has 0 bridgehead atoms. The van der Waals surface area contributed by atoms with Crippen LogP contribution in [0.2, 0.25) is 0 Å². The molecule has 2 fully saturated rings. The van der Waals surface area contributed by atoms with Gasteiger partial charge in [0.1, 0.15) is 0 Å². The van der Waals surface area contributed by atoms with Gasteiger partial charge in [-0.15, -0.1) is 0 Å². The lowest BCUT2D eigenvalue weighted by Gasteiger charge is -2.29. The third kappa shape index (κ3) is 3.14. The number of amides is 2. The van der Waals surface area contributed by atoms with Crippen LogP contribution in [-0.2, 0) is 9.59 Å². The molecule has 2 aliphatic rings. The average molecular weight is 282 g/mol. The molecule has 114 valence electrons. The number of hydrogen-bond donors (Lipinski definition) is 1. The van der Waals surface area contributed by atoms with Crippen molar-refractivity contribution in [3.05, 3.63) is 0 Å². The summed E-state index contributed by atoms with van der Waals surface area (Å²) in [6.45, 7) is 4.77. The zero-order valence-corrected chi connectivity index (χ0v) is 12.5. The highest BCUT2D eigenvalue weighted by molar-refractivity contribution is 5.89. The summed E-state index contributed by atoms with van der Waals surface area (Å²) in [5.74, 6) is -0.0806. The molecule has 1 saturated heterocycles. The van der Waals surface area contributed by atoms with Gasteiger partial charge in [-0.3, -0.25) is 9.59 Å². The van der Waals surface area contributed by atoms with Crippen LogP contribution in [0, 0.1) is 5.92 Å². The van der Waals surface area contributed by atoms with E-state index in [4.69, 9.17) is 5.11 Å². The molecule has 20 heavy (non-hydrogen) atoms. The van der Waals surface area contributed by atoms with E-state index in [1.807, 2.05) is 18.7 Å². The van der Waals surface area contributed by atoms with Crippen LogP contribution in [0.1, 0.15) is 46.0 Å². The first-order chi connectivity index (χ1) is 9.54. The zero-order valence-electron chi connectivity index (χ0n) is 12.5. The Labute approximate surface area is 120 Å². The van der Waals surface area contributed by atoms with Crippen molar-refractivity contribution < 1.29 is 14.7 Å². The molecule has 0 radical (unpaired) electrons. The molecule has 1 heterocycles. The van der Waals surface area contributed by atoms with Crippen LogP contribution in [0.4, 0.5) is 0 Å². The van der Waals surface area contributed by atoms with Crippen LogP contribution in [0.5, 0.6) is 0 Å². The van der Waals surface area contributed by atoms with Crippen LogP contribution < -0.4 is 0 Å². The first kappa shape index (κ1) is 15.3. The Hall–Kier alpha value is -1.10. The molecule has 1 unspecified atom stereocenters. The quantitative estimate of drug-likeness (QED) is 0.818. The SMILES string of the molecule is CC(C)N(CCO)C(=O)C1CC(=O)N(C2CCCC2)C1. The standard InChI is InChI=1S/C15H26N2O3/c1-11(2)16(7-8-18)15(20)12-9-14(19)17(10-12)13-5-3-4-6-13/h11-13,18H,3-10H2,1-2H3. The van der Waals surface area contributed by atoms with E-state index >= 15 is 0 Å². The van der Waals surface area contributed by atoms with Gasteiger partial charge >= 0.3 is 0 Å². The van der Waals surface area contributed by atoms with Crippen LogP contribution >= 0.6 is 0 Å². The average Bonchev–Trinajstić information content (AvgIpc) is 3.03. The second-order valence-corrected chi connectivity index (χ2v) is 6.23. The Morgan fingerprint density at radius 3 is 2.60 bits per heavy atom. The van der Waals surface area contributed by atoms with E-state index in [0.717, 1.165) is 12.8 Å². The van der Waals surface area contributed by atoms with Gasteiger partial charge in [0.05, 0.1) is 12.5 Å². The van der Waals surface area contributed by atoms with Crippen molar-refractivity contribution in [2.24, 2.45) is 5.92 Å². The third-order valence-corrected chi connectivity index (χ3v) is 4.52. The molecule has 1 aliphatic carbocycles. The van der Waals surface area contributed by atoms with Gasteiger partial charge in [0.25, 0.3) is 0 Å². The molecule has 1 atom stereocenters. The number of aliphatic hydroxyl groups is 1. The van der Waals surface area contributed by atoms with E-state index in [1.54, 1.807) is 4.90 Å². The molecule has 2 amide bonds. The van der Waals surface area contributed by atoms with E-state index in [9.17, 15) is 9.59 Å². The number of nitrogens with zero attached hydrogens (tertiary/aromatic N) is 2. The van der Waals surface area contributed by atoms with Gasteiger partial charge in [0.2, 0.25) is 11.8 Å². The van der Waals surface area contributed by atoms with Gasteiger partial charge in [-0.25, -0.2) is 0 Å². The maximum atomic E-state index is 12.5. The molecule has 1 N–H and O–H groups in total. The third-order valence-electron chi connectivity index (χ3n) is 4.52. The van der Waals surface area contributed by atoms with Crippen molar-refractivity contribution in [1.29, 1.82) is 0 Å². The lowest BCUT2D eigenvalue weighted by Crippen LogP contribution is -2.43. The minimum Gasteiger partial charge on any atom is -0.395 e. The highest BCUT2D eigenvalue weighted by Gasteiger charge is 2.40. The summed E-state index contributed by atoms with van der Waals surface area (Å²) >= 11 is 0. The lowest BCUT2D eigenvalue weighted by atomic mass is 10.1. The van der Waals surface area contributed by atoms with Crippen LogP contribution in [0.15, 0.2) is 0 Å². The molecular weight excluding hydrogens is 256 g/mol. The number of carbonyl (C=O) groups excluding carboxylic acids is 2. The number of aliphatic hydroxyl groups excluding tert-OH is 1. The predicted octanol–water partition coefficient (Wildman–Crippen LogP) is 1.01. The largest absolute Gasteiger partial charge is 0.395 e. The van der Waals surface area contributed by atoms with Crippen LogP contribution in [0.25, 0.3) is 0 Å². The summed E-state index contributed by atoms with van der Waals surface area (Å²) in [7, 11) is 0. The predicted molar refractivity (Wildman–Crippen MR) is 76.0 cm³/mol. The molecular formula is C15H26N2O3. The van der Waals surface area contributed by atoms with Crippen molar-refractivity contribution >= 4 is 11.8 Å². The normalized spacial score (nSPS) is 23.9. The Bertz CT molecular complexity index is 364. The van der Waals surface area contributed by atoms with Gasteiger partial charge in [-0.2, -0.15) is 0 Å². The first-order valence-corrected chi connectivity index (χ1v) is 7.75. The summed E-state index contributed by atoms with van der Waals surface area (Å²) in [4.78, 5) is 28.3. The highest BCUT2D eigenvalue weighted by atomic mass is 16.3. The molecule has 0 aromatic heterocycles. The van der Waals surface area contributed by atoms with Crippen molar-refractivity contribution in [2.75, 3.05) is 19.7 Å². The summed E-state index contributed by atoms with van der Waals surface area (Å²) in [5, 5.41) is 9.08. The number of hydrogen-bond acceptors (Lipinski definition) is 3. The van der Waals surface area contributed by atoms with Gasteiger partial charge in [0, 0.05) is 31.6 Å². The molecule has 1 saturated carbocycles. The zero-order chi connectivity index (χ0) is 14.7. The van der Waals surface area contributed by atoms with Gasteiger partial charge in [-0.1, -0.05) is 12.8 Å². The lowest BCUT2D eigenvalue weighted by molar-refractivity contribution is -0.138. The van der Waals surface area contributed by atoms with E-state index in [0.29, 0.717) is 25.6 Å². The van der Waals surface area contributed by atoms with E-state index in [-0.39, 0.29) is 30.4 Å². The second-order valence-electron chi connectivity index (χ2n) is 6.23. The Balaban J connectivity index is 1.99. The monoisotopic (exact) mass is 282 g/mol. The molecule has 5 heteroatoms. The fourth-order valence-electron chi connectivity index (χ4n) is 3.43. The second kappa shape index (κ2) is 6.57. The minimum absolute atomic E-state index is 0.0166. The van der Waals surface area contributed by atoms with Crippen LogP contribution in [0.3, 0.4) is 0 Å². The minimum atomic E-state index is -0.225. The molecule has 5 nitrogen and oxygen atoms in total. The fraction of sp³-hybridized carbons (Fsp3) is 0.867. The van der Waals surface area contributed by atoms with Gasteiger partial charge < -0.3 is 14.9 Å². The Morgan fingerprint density at radius 1 is 1.40 bits per heavy atom. The van der Waals surface area contributed by atoms with E-state index in [1.165, 1.54) is 12.8 Å². The molecule has 0 spiro atoms. The molecule has 2 rings (SSSR count). The number of carbonyl (C=O) groups is 2. The smallest absolute Gasteiger partial charge is 0.228 e. The summed E-state index contributed by atoms with van der Waals surface area (Å²) in [6, 6.07) is 0.413. The number of likely N-dealkylation sites (tertiary alicyclic amines) is 1. The fourth-order valence-corrected chi connectivity index (χ4v) is 3.43. The number of rotatable bonds is 5. The maximum absolute atomic E-state index is 12.5. The topological polar surface area (TPSA) is 60.9 Å². The van der Waals surface area contributed by atoms with Crippen LogP contribution in [-0.4, -0.2) is 58.5 Å². The maximum Gasteiger partial charge on any atom is 0.228 e. The van der Waals surface area contributed by atoms with E-state index in [2.05, 4.69) is 0 Å². The highest BCUT2D eigenvalue weighted by Crippen LogP contribution is 2.30. The first-order valence-electron chi connectivity index (χ1n) is 7.75. The van der Waals surface area contributed by atoms with Gasteiger partial charge in [-0.05, 0) is 26.7 Å². The summed E-state index contributed by atoms with van der Waals surface area (Å²) in [6.07, 6.45) is 4.88. The van der Waals surface area contributed by atoms with Crippen molar-refractivity contribution in [3.8, 4) is 0 Å². The Morgan fingerprint density at radius 2 is 2.05 bits per heavy atom. The summed E-state index contributed by atoms with van der Waals surface area (Å²) in [5.41, 5.74) is 0. The summed E-state index contributed by atoms with van der Waals surface area (Å²) < 4.78 is 0. The van der Waals surface area contributed by atoms with Crippen molar-refractivity contribution in [3.63, 3.8) is 0 Å². The van der Waals surface area contributed by atoms with Crippen molar-refractivity contribution in [1.82, 2.24) is 9.80 Å². The molecule has 0 aromatic rings. The Kier molecular flexibility index (Phi) is 5.02. The van der Waals surface area contributed by atoms with E-state index < -0.39 is 0 Å². The van der Waals surface area contributed by atoms with Crippen molar-refractivity contribution in [2.45, 2.75) is 58.0 Å². The molecule has 1 aliphatic heterocycles. The molecule has 0 aromatic carbocycles. The van der Waals surface area contributed by atoms with Gasteiger partial charge in [0.15, 0.2) is 0 Å².